The Morgan fingerprint density at radius 1 is 1.14 bits per heavy atom. The van der Waals surface area contributed by atoms with Crippen molar-refractivity contribution in [2.45, 2.75) is 19.0 Å². The van der Waals surface area contributed by atoms with Crippen molar-refractivity contribution in [1.82, 2.24) is 33.8 Å². The zero-order valence-corrected chi connectivity index (χ0v) is 19.8. The molecule has 0 spiro atoms. The SMILES string of the molecule is COCCn1c(C(=O)N2CCC(n3cc(-c4ccccc4)nn3)C2)cc2c(=O)n3ccccc3nc21. The molecule has 5 heterocycles. The molecular weight excluding hydrogens is 458 g/mol. The molecule has 10 nitrogen and oxygen atoms in total. The zero-order valence-electron chi connectivity index (χ0n) is 19.8. The van der Waals surface area contributed by atoms with Gasteiger partial charge in [-0.1, -0.05) is 41.6 Å². The lowest BCUT2D eigenvalue weighted by molar-refractivity contribution is 0.0774. The Balaban J connectivity index is 1.31. The standard InChI is InChI=1S/C26H25N7O3/c1-36-14-13-31-22(15-20-24(31)27-23-9-5-6-11-32(23)25(20)34)26(35)30-12-10-19(16-30)33-17-21(28-29-33)18-7-3-2-4-8-18/h2-9,11,15,17,19H,10,12-14,16H2,1H3. The van der Waals surface area contributed by atoms with Crippen molar-refractivity contribution in [3.05, 3.63) is 83.0 Å². The average Bonchev–Trinajstić information content (AvgIpc) is 3.67. The monoisotopic (exact) mass is 483 g/mol. The molecule has 0 radical (unpaired) electrons. The van der Waals surface area contributed by atoms with Crippen LogP contribution in [0.15, 0.2) is 71.8 Å². The van der Waals surface area contributed by atoms with Crippen molar-refractivity contribution in [2.75, 3.05) is 26.8 Å². The van der Waals surface area contributed by atoms with Crippen LogP contribution in [0.2, 0.25) is 0 Å². The minimum Gasteiger partial charge on any atom is -0.383 e. The normalized spacial score (nSPS) is 15.8. The maximum atomic E-state index is 13.7. The minimum atomic E-state index is -0.198. The Hall–Kier alpha value is -4.31. The summed E-state index contributed by atoms with van der Waals surface area (Å²) in [5.74, 6) is -0.136. The van der Waals surface area contributed by atoms with Gasteiger partial charge < -0.3 is 14.2 Å². The Bertz CT molecular complexity index is 1620. The zero-order chi connectivity index (χ0) is 24.6. The maximum Gasteiger partial charge on any atom is 0.270 e. The highest BCUT2D eigenvalue weighted by atomic mass is 16.5. The van der Waals surface area contributed by atoms with E-state index in [0.717, 1.165) is 17.7 Å². The third kappa shape index (κ3) is 3.75. The van der Waals surface area contributed by atoms with Gasteiger partial charge in [0.2, 0.25) is 0 Å². The van der Waals surface area contributed by atoms with Crippen LogP contribution in [0.3, 0.4) is 0 Å². The number of ether oxygens (including phenoxy) is 1. The molecule has 4 aromatic heterocycles. The van der Waals surface area contributed by atoms with Crippen molar-refractivity contribution in [1.29, 1.82) is 0 Å². The smallest absolute Gasteiger partial charge is 0.270 e. The van der Waals surface area contributed by atoms with Crippen LogP contribution in [0.25, 0.3) is 27.9 Å². The number of methoxy groups -OCH3 is 1. The van der Waals surface area contributed by atoms with E-state index in [2.05, 4.69) is 10.3 Å². The first-order chi connectivity index (χ1) is 17.6. The first-order valence-electron chi connectivity index (χ1n) is 11.9. The molecule has 0 N–H and O–H groups in total. The molecule has 1 amide bonds. The molecule has 0 bridgehead atoms. The molecule has 1 saturated heterocycles. The van der Waals surface area contributed by atoms with E-state index in [1.807, 2.05) is 52.2 Å². The summed E-state index contributed by atoms with van der Waals surface area (Å²) in [5, 5.41) is 9.06. The van der Waals surface area contributed by atoms with Gasteiger partial charge in [-0.2, -0.15) is 0 Å². The number of rotatable bonds is 6. The number of nitrogens with zero attached hydrogens (tertiary/aromatic N) is 7. The summed E-state index contributed by atoms with van der Waals surface area (Å²) in [6.07, 6.45) is 4.39. The lowest BCUT2D eigenvalue weighted by Gasteiger charge is -2.18. The summed E-state index contributed by atoms with van der Waals surface area (Å²) in [4.78, 5) is 33.4. The highest BCUT2D eigenvalue weighted by Gasteiger charge is 2.31. The molecule has 0 aliphatic carbocycles. The highest BCUT2D eigenvalue weighted by molar-refractivity contribution is 5.98. The summed E-state index contributed by atoms with van der Waals surface area (Å²) < 4.78 is 10.4. The molecule has 10 heteroatoms. The van der Waals surface area contributed by atoms with Gasteiger partial charge in [-0.15, -0.1) is 5.10 Å². The van der Waals surface area contributed by atoms with Crippen LogP contribution in [0.5, 0.6) is 0 Å². The van der Waals surface area contributed by atoms with Crippen LogP contribution in [0.4, 0.5) is 0 Å². The van der Waals surface area contributed by atoms with Gasteiger partial charge in [0.05, 0.1) is 24.2 Å². The van der Waals surface area contributed by atoms with E-state index in [9.17, 15) is 9.59 Å². The number of fused-ring (bicyclic) bond motifs is 2. The molecule has 1 aromatic carbocycles. The first-order valence-corrected chi connectivity index (χ1v) is 11.9. The van der Waals surface area contributed by atoms with Gasteiger partial charge >= 0.3 is 0 Å². The fraction of sp³-hybridized carbons (Fsp3) is 0.269. The summed E-state index contributed by atoms with van der Waals surface area (Å²) in [6, 6.07) is 17.0. The quantitative estimate of drug-likeness (QED) is 0.368. The van der Waals surface area contributed by atoms with Gasteiger partial charge in [-0.25, -0.2) is 9.67 Å². The van der Waals surface area contributed by atoms with Crippen molar-refractivity contribution in [3.8, 4) is 11.3 Å². The fourth-order valence-corrected chi connectivity index (χ4v) is 4.84. The molecular formula is C26H25N7O3. The Kier molecular flexibility index (Phi) is 5.57. The van der Waals surface area contributed by atoms with E-state index in [-0.39, 0.29) is 17.5 Å². The molecule has 5 aromatic rings. The summed E-state index contributed by atoms with van der Waals surface area (Å²) >= 11 is 0. The number of benzene rings is 1. The van der Waals surface area contributed by atoms with Crippen molar-refractivity contribution < 1.29 is 9.53 Å². The predicted octanol–water partition coefficient (Wildman–Crippen LogP) is 2.64. The van der Waals surface area contributed by atoms with Crippen LogP contribution in [-0.2, 0) is 11.3 Å². The third-order valence-corrected chi connectivity index (χ3v) is 6.72. The number of pyridine rings is 1. The number of carbonyl (C=O) groups excluding carboxylic acids is 1. The van der Waals surface area contributed by atoms with Crippen LogP contribution in [0, 0.1) is 0 Å². The summed E-state index contributed by atoms with van der Waals surface area (Å²) in [5.41, 5.74) is 3.07. The average molecular weight is 484 g/mol. The maximum absolute atomic E-state index is 13.7. The van der Waals surface area contributed by atoms with Gasteiger partial charge in [0, 0.05) is 38.5 Å². The first kappa shape index (κ1) is 22.2. The van der Waals surface area contributed by atoms with E-state index >= 15 is 0 Å². The molecule has 0 saturated carbocycles. The summed E-state index contributed by atoms with van der Waals surface area (Å²) in [6.45, 7) is 1.90. The molecule has 1 aliphatic rings. The van der Waals surface area contributed by atoms with Crippen molar-refractivity contribution >= 4 is 22.6 Å². The van der Waals surface area contributed by atoms with Gasteiger partial charge in [-0.3, -0.25) is 14.0 Å². The Labute approximate surface area is 206 Å². The van der Waals surface area contributed by atoms with E-state index in [1.165, 1.54) is 4.40 Å². The number of hydrogen-bond donors (Lipinski definition) is 0. The van der Waals surface area contributed by atoms with Crippen molar-refractivity contribution in [2.24, 2.45) is 0 Å². The number of amides is 1. The fourth-order valence-electron chi connectivity index (χ4n) is 4.84. The van der Waals surface area contributed by atoms with Crippen LogP contribution in [0.1, 0.15) is 23.0 Å². The van der Waals surface area contributed by atoms with Gasteiger partial charge in [-0.05, 0) is 24.6 Å². The van der Waals surface area contributed by atoms with E-state index in [0.29, 0.717) is 48.6 Å². The third-order valence-electron chi connectivity index (χ3n) is 6.72. The van der Waals surface area contributed by atoms with Gasteiger partial charge in [0.15, 0.2) is 0 Å². The lowest BCUT2D eigenvalue weighted by atomic mass is 10.2. The van der Waals surface area contributed by atoms with Crippen LogP contribution in [-0.4, -0.2) is 66.6 Å². The number of carbonyl (C=O) groups is 1. The van der Waals surface area contributed by atoms with E-state index in [4.69, 9.17) is 9.72 Å². The number of likely N-dealkylation sites (tertiary alicyclic amines) is 1. The second-order valence-corrected chi connectivity index (χ2v) is 8.90. The van der Waals surface area contributed by atoms with Crippen LogP contribution < -0.4 is 5.56 Å². The molecule has 1 aliphatic heterocycles. The Morgan fingerprint density at radius 3 is 2.81 bits per heavy atom. The van der Waals surface area contributed by atoms with E-state index < -0.39 is 0 Å². The van der Waals surface area contributed by atoms with E-state index in [1.54, 1.807) is 36.1 Å². The highest BCUT2D eigenvalue weighted by Crippen LogP contribution is 2.26. The van der Waals surface area contributed by atoms with Gasteiger partial charge in [0.25, 0.3) is 11.5 Å². The second kappa shape index (κ2) is 9.04. The molecule has 1 unspecified atom stereocenters. The van der Waals surface area contributed by atoms with Crippen molar-refractivity contribution in [3.63, 3.8) is 0 Å². The second-order valence-electron chi connectivity index (χ2n) is 8.90. The Morgan fingerprint density at radius 2 is 1.97 bits per heavy atom. The van der Waals surface area contributed by atoms with Gasteiger partial charge in [0.1, 0.15) is 22.7 Å². The molecule has 36 heavy (non-hydrogen) atoms. The predicted molar refractivity (Wildman–Crippen MR) is 134 cm³/mol. The topological polar surface area (TPSA) is 99.5 Å². The lowest BCUT2D eigenvalue weighted by Crippen LogP contribution is -2.31. The molecule has 1 atom stereocenters. The number of hydrogen-bond acceptors (Lipinski definition) is 6. The minimum absolute atomic E-state index is 0.0297. The molecule has 6 rings (SSSR count). The largest absolute Gasteiger partial charge is 0.383 e. The number of aromatic nitrogens is 6. The summed E-state index contributed by atoms with van der Waals surface area (Å²) in [7, 11) is 1.61. The molecule has 1 fully saturated rings. The van der Waals surface area contributed by atoms with Crippen LogP contribution >= 0.6 is 0 Å². The molecule has 182 valence electrons.